The van der Waals surface area contributed by atoms with Gasteiger partial charge in [-0.1, -0.05) is 13.8 Å². The van der Waals surface area contributed by atoms with Crippen LogP contribution in [0.3, 0.4) is 0 Å². The van der Waals surface area contributed by atoms with Gasteiger partial charge in [-0.2, -0.15) is 12.7 Å². The maximum absolute atomic E-state index is 12.0. The first-order valence-corrected chi connectivity index (χ1v) is 8.52. The summed E-state index contributed by atoms with van der Waals surface area (Å²) in [6.45, 7) is 6.61. The number of hydrogen-bond acceptors (Lipinski definition) is 3. The number of nitrogens with zero attached hydrogens (tertiary/aromatic N) is 1. The third kappa shape index (κ3) is 6.13. The molecule has 0 bridgehead atoms. The molecule has 0 saturated heterocycles. The third-order valence-corrected chi connectivity index (χ3v) is 4.55. The van der Waals surface area contributed by atoms with Gasteiger partial charge in [0.05, 0.1) is 0 Å². The maximum Gasteiger partial charge on any atom is 0.279 e. The predicted octanol–water partition coefficient (Wildman–Crippen LogP) is 1.08. The highest BCUT2D eigenvalue weighted by Gasteiger charge is 2.21. The Morgan fingerprint density at radius 1 is 1.11 bits per heavy atom. The van der Waals surface area contributed by atoms with Crippen LogP contribution in [0.4, 0.5) is 0 Å². The molecular weight excluding hydrogens is 250 g/mol. The molecule has 0 radical (unpaired) electrons. The number of nitrogens with one attached hydrogen (secondary N) is 2. The van der Waals surface area contributed by atoms with E-state index in [9.17, 15) is 8.42 Å². The van der Waals surface area contributed by atoms with Crippen LogP contribution in [0.1, 0.15) is 46.0 Å². The minimum Gasteiger partial charge on any atom is -0.314 e. The monoisotopic (exact) mass is 277 g/mol. The Hall–Kier alpha value is -0.170. The van der Waals surface area contributed by atoms with Crippen molar-refractivity contribution in [1.29, 1.82) is 0 Å². The summed E-state index contributed by atoms with van der Waals surface area (Å²) in [4.78, 5) is 0. The van der Waals surface area contributed by atoms with E-state index in [2.05, 4.69) is 10.0 Å². The molecule has 6 heteroatoms. The summed E-state index contributed by atoms with van der Waals surface area (Å²) in [6.07, 6.45) is 5.09. The van der Waals surface area contributed by atoms with Crippen molar-refractivity contribution in [3.05, 3.63) is 0 Å². The summed E-state index contributed by atoms with van der Waals surface area (Å²) in [5, 5.41) is 3.37. The van der Waals surface area contributed by atoms with Gasteiger partial charge in [-0.05, 0) is 38.6 Å². The molecule has 0 aliphatic heterocycles. The van der Waals surface area contributed by atoms with Crippen LogP contribution in [0.25, 0.3) is 0 Å². The van der Waals surface area contributed by atoms with Crippen LogP contribution in [-0.4, -0.2) is 44.9 Å². The van der Waals surface area contributed by atoms with Crippen molar-refractivity contribution in [2.75, 3.05) is 26.2 Å². The third-order valence-electron chi connectivity index (χ3n) is 2.93. The minimum atomic E-state index is -3.28. The normalized spacial score (nSPS) is 16.4. The van der Waals surface area contributed by atoms with Gasteiger partial charge in [0.1, 0.15) is 0 Å². The second-order valence-electron chi connectivity index (χ2n) is 4.88. The highest BCUT2D eigenvalue weighted by Crippen LogP contribution is 2.18. The second-order valence-corrected chi connectivity index (χ2v) is 6.64. The van der Waals surface area contributed by atoms with Gasteiger partial charge in [0.25, 0.3) is 10.2 Å². The Labute approximate surface area is 112 Å². The molecule has 108 valence electrons. The first kappa shape index (κ1) is 15.9. The summed E-state index contributed by atoms with van der Waals surface area (Å²) in [5.74, 6) is 0. The van der Waals surface area contributed by atoms with Gasteiger partial charge in [-0.15, -0.1) is 0 Å². The molecule has 0 aromatic rings. The lowest BCUT2D eigenvalue weighted by molar-refractivity contribution is 0.401. The fourth-order valence-corrected chi connectivity index (χ4v) is 3.26. The van der Waals surface area contributed by atoms with Crippen LogP contribution < -0.4 is 10.0 Å². The molecular formula is C12H27N3O2S. The average Bonchev–Trinajstić information content (AvgIpc) is 3.12. The van der Waals surface area contributed by atoms with Crippen molar-refractivity contribution in [1.82, 2.24) is 14.3 Å². The summed E-state index contributed by atoms with van der Waals surface area (Å²) in [6, 6.07) is 0.693. The van der Waals surface area contributed by atoms with E-state index in [0.29, 0.717) is 25.7 Å². The van der Waals surface area contributed by atoms with Crippen molar-refractivity contribution < 1.29 is 8.42 Å². The zero-order chi connectivity index (χ0) is 13.4. The first-order chi connectivity index (χ1) is 8.60. The summed E-state index contributed by atoms with van der Waals surface area (Å²) in [7, 11) is -3.28. The van der Waals surface area contributed by atoms with Gasteiger partial charge in [0, 0.05) is 25.7 Å². The van der Waals surface area contributed by atoms with Gasteiger partial charge in [-0.3, -0.25) is 0 Å². The van der Waals surface area contributed by atoms with Gasteiger partial charge in [0.15, 0.2) is 0 Å². The Balaban J connectivity index is 2.21. The molecule has 1 aliphatic rings. The van der Waals surface area contributed by atoms with E-state index in [1.54, 1.807) is 4.31 Å². The molecule has 0 unspecified atom stereocenters. The summed E-state index contributed by atoms with van der Waals surface area (Å²) < 4.78 is 28.3. The van der Waals surface area contributed by atoms with E-state index in [1.807, 2.05) is 13.8 Å². The number of hydrogen-bond donors (Lipinski definition) is 2. The summed E-state index contributed by atoms with van der Waals surface area (Å²) >= 11 is 0. The molecule has 18 heavy (non-hydrogen) atoms. The fraction of sp³-hybridized carbons (Fsp3) is 1.00. The van der Waals surface area contributed by atoms with Crippen LogP contribution >= 0.6 is 0 Å². The number of rotatable bonds is 11. The van der Waals surface area contributed by atoms with Gasteiger partial charge >= 0.3 is 0 Å². The molecule has 1 rings (SSSR count). The Morgan fingerprint density at radius 3 is 2.22 bits per heavy atom. The fourth-order valence-electron chi connectivity index (χ4n) is 1.83. The van der Waals surface area contributed by atoms with Crippen LogP contribution in [0.2, 0.25) is 0 Å². The highest BCUT2D eigenvalue weighted by molar-refractivity contribution is 7.87. The second kappa shape index (κ2) is 8.09. The largest absolute Gasteiger partial charge is 0.314 e. The van der Waals surface area contributed by atoms with E-state index < -0.39 is 10.2 Å². The molecule has 2 N–H and O–H groups in total. The van der Waals surface area contributed by atoms with Crippen molar-refractivity contribution in [3.63, 3.8) is 0 Å². The van der Waals surface area contributed by atoms with Crippen LogP contribution in [0, 0.1) is 0 Å². The standard InChI is InChI=1S/C12H27N3O2S/c1-3-10-15(11-4-2)18(16,17)14-9-5-8-13-12-6-7-12/h12-14H,3-11H2,1-2H3. The first-order valence-electron chi connectivity index (χ1n) is 7.08. The van der Waals surface area contributed by atoms with E-state index >= 15 is 0 Å². The lowest BCUT2D eigenvalue weighted by Gasteiger charge is -2.21. The Kier molecular flexibility index (Phi) is 7.14. The lowest BCUT2D eigenvalue weighted by Crippen LogP contribution is -2.42. The molecule has 0 atom stereocenters. The zero-order valence-corrected chi connectivity index (χ0v) is 12.4. The van der Waals surface area contributed by atoms with Gasteiger partial charge in [0.2, 0.25) is 0 Å². The zero-order valence-electron chi connectivity index (χ0n) is 11.6. The van der Waals surface area contributed by atoms with Crippen LogP contribution in [-0.2, 0) is 10.2 Å². The smallest absolute Gasteiger partial charge is 0.279 e. The highest BCUT2D eigenvalue weighted by atomic mass is 32.2. The average molecular weight is 277 g/mol. The molecule has 0 aromatic carbocycles. The molecule has 1 saturated carbocycles. The van der Waals surface area contributed by atoms with Crippen LogP contribution in [0.5, 0.6) is 0 Å². The SMILES string of the molecule is CCCN(CCC)S(=O)(=O)NCCCNC1CC1. The summed E-state index contributed by atoms with van der Waals surface area (Å²) in [5.41, 5.74) is 0. The van der Waals surface area contributed by atoms with Crippen molar-refractivity contribution >= 4 is 10.2 Å². The van der Waals surface area contributed by atoms with E-state index in [1.165, 1.54) is 12.8 Å². The molecule has 0 aromatic heterocycles. The van der Waals surface area contributed by atoms with Crippen LogP contribution in [0.15, 0.2) is 0 Å². The Morgan fingerprint density at radius 2 is 1.72 bits per heavy atom. The minimum absolute atomic E-state index is 0.520. The van der Waals surface area contributed by atoms with Gasteiger partial charge < -0.3 is 5.32 Å². The van der Waals surface area contributed by atoms with Crippen molar-refractivity contribution in [2.45, 2.75) is 52.0 Å². The van der Waals surface area contributed by atoms with Crippen molar-refractivity contribution in [3.8, 4) is 0 Å². The molecule has 5 nitrogen and oxygen atoms in total. The Bertz CT molecular complexity index is 309. The molecule has 0 heterocycles. The maximum atomic E-state index is 12.0. The van der Waals surface area contributed by atoms with E-state index in [4.69, 9.17) is 0 Å². The molecule has 1 fully saturated rings. The van der Waals surface area contributed by atoms with E-state index in [0.717, 1.165) is 25.8 Å². The molecule has 0 amide bonds. The molecule has 0 spiro atoms. The quantitative estimate of drug-likeness (QED) is 0.556. The topological polar surface area (TPSA) is 61.4 Å². The lowest BCUT2D eigenvalue weighted by atomic mass is 10.4. The molecule has 1 aliphatic carbocycles. The van der Waals surface area contributed by atoms with E-state index in [-0.39, 0.29) is 0 Å². The van der Waals surface area contributed by atoms with Crippen molar-refractivity contribution in [2.24, 2.45) is 0 Å². The predicted molar refractivity (Wildman–Crippen MR) is 74.7 cm³/mol. The van der Waals surface area contributed by atoms with Gasteiger partial charge in [-0.25, -0.2) is 4.72 Å².